The number of aryl methyl sites for hydroxylation is 1. The zero-order valence-electron chi connectivity index (χ0n) is 24.2. The number of benzene rings is 3. The fourth-order valence-electron chi connectivity index (χ4n) is 6.57. The summed E-state index contributed by atoms with van der Waals surface area (Å²) < 4.78 is 2.15. The number of fused-ring (bicyclic) bond motifs is 2. The van der Waals surface area contributed by atoms with E-state index in [0.29, 0.717) is 18.5 Å². The number of rotatable bonds is 11. The summed E-state index contributed by atoms with van der Waals surface area (Å²) >= 11 is 0. The number of ketones is 1. The molecule has 0 aliphatic heterocycles. The summed E-state index contributed by atoms with van der Waals surface area (Å²) in [5.74, 6) is -0.602. The van der Waals surface area contributed by atoms with Crippen LogP contribution in [0.5, 0.6) is 0 Å². The lowest BCUT2D eigenvalue weighted by molar-refractivity contribution is -0.200. The first kappa shape index (κ1) is 28.5. The molecular formula is C35H43NO4. The van der Waals surface area contributed by atoms with Gasteiger partial charge in [0.1, 0.15) is 5.60 Å². The highest BCUT2D eigenvalue weighted by Crippen LogP contribution is 2.41. The van der Waals surface area contributed by atoms with Crippen molar-refractivity contribution in [2.75, 3.05) is 0 Å². The fraction of sp³-hybridized carbons (Fsp3) is 0.457. The van der Waals surface area contributed by atoms with Crippen LogP contribution >= 0.6 is 0 Å². The van der Waals surface area contributed by atoms with Crippen molar-refractivity contribution in [2.24, 2.45) is 17.8 Å². The molecule has 1 fully saturated rings. The average Bonchev–Trinajstić information content (AvgIpc) is 3.26. The van der Waals surface area contributed by atoms with E-state index < -0.39 is 23.7 Å². The second-order valence-corrected chi connectivity index (χ2v) is 12.5. The summed E-state index contributed by atoms with van der Waals surface area (Å²) in [5.41, 5.74) is 2.14. The van der Waals surface area contributed by atoms with Crippen LogP contribution in [0.3, 0.4) is 0 Å². The molecule has 4 aromatic rings. The van der Waals surface area contributed by atoms with Crippen LogP contribution in [0.1, 0.15) is 74.4 Å². The molecule has 212 valence electrons. The Labute approximate surface area is 237 Å². The number of carbonyl (C=O) groups excluding carboxylic acids is 1. The van der Waals surface area contributed by atoms with Gasteiger partial charge < -0.3 is 19.9 Å². The van der Waals surface area contributed by atoms with E-state index in [1.165, 1.54) is 10.8 Å². The molecule has 3 unspecified atom stereocenters. The Hall–Kier alpha value is -2.99. The van der Waals surface area contributed by atoms with Gasteiger partial charge in [-0.3, -0.25) is 4.79 Å². The first-order valence-electron chi connectivity index (χ1n) is 14.8. The zero-order valence-corrected chi connectivity index (χ0v) is 24.2. The first-order valence-corrected chi connectivity index (χ1v) is 14.8. The standard InChI is InChI=1S/C35H43NO4/c1-22(2)17-32(38)35(40,34(39)27-12-8-13-27)24(4)18-31(37)30-21-36(33-23(3)9-7-14-29(30)33)20-25-15-16-26-10-5-6-11-28(26)19-25/h5-7,9-11,14-16,19,21-22,24,27,32,34,38-40H,8,12-13,17-18,20H2,1-4H3/t24?,32?,34?,35-/m0/s1. The highest BCUT2D eigenvalue weighted by Gasteiger charge is 2.51. The molecule has 0 spiro atoms. The van der Waals surface area contributed by atoms with E-state index >= 15 is 0 Å². The second kappa shape index (κ2) is 11.5. The van der Waals surface area contributed by atoms with Gasteiger partial charge in [0.15, 0.2) is 5.78 Å². The molecule has 5 nitrogen and oxygen atoms in total. The topological polar surface area (TPSA) is 82.7 Å². The number of aliphatic hydroxyl groups is 3. The summed E-state index contributed by atoms with van der Waals surface area (Å²) in [6.45, 7) is 8.46. The molecule has 5 heteroatoms. The number of hydrogen-bond donors (Lipinski definition) is 3. The van der Waals surface area contributed by atoms with Gasteiger partial charge in [0, 0.05) is 30.1 Å². The number of Topliss-reactive ketones (excluding diaryl/α,β-unsaturated/α-hetero) is 1. The Bertz CT molecular complexity index is 1500. The third-order valence-electron chi connectivity index (χ3n) is 9.15. The van der Waals surface area contributed by atoms with Crippen molar-refractivity contribution in [3.63, 3.8) is 0 Å². The molecule has 1 aliphatic rings. The van der Waals surface area contributed by atoms with Crippen molar-refractivity contribution in [3.8, 4) is 0 Å². The van der Waals surface area contributed by atoms with Crippen LogP contribution in [0.25, 0.3) is 21.7 Å². The van der Waals surface area contributed by atoms with E-state index in [4.69, 9.17) is 0 Å². The van der Waals surface area contributed by atoms with E-state index in [1.807, 2.05) is 44.3 Å². The smallest absolute Gasteiger partial charge is 0.165 e. The van der Waals surface area contributed by atoms with Crippen LogP contribution in [0, 0.1) is 24.7 Å². The molecule has 3 aromatic carbocycles. The van der Waals surface area contributed by atoms with Gasteiger partial charge in [0.2, 0.25) is 0 Å². The van der Waals surface area contributed by atoms with Crippen molar-refractivity contribution in [1.82, 2.24) is 4.57 Å². The van der Waals surface area contributed by atoms with E-state index in [9.17, 15) is 20.1 Å². The maximum Gasteiger partial charge on any atom is 0.165 e. The molecule has 1 aromatic heterocycles. The van der Waals surface area contributed by atoms with Crippen LogP contribution < -0.4 is 0 Å². The Balaban J connectivity index is 1.46. The Kier molecular flexibility index (Phi) is 8.19. The quantitative estimate of drug-likeness (QED) is 0.186. The number of carbonyl (C=O) groups is 1. The van der Waals surface area contributed by atoms with E-state index in [1.54, 1.807) is 6.92 Å². The lowest BCUT2D eigenvalue weighted by Gasteiger charge is -2.47. The predicted octanol–water partition coefficient (Wildman–Crippen LogP) is 6.66. The van der Waals surface area contributed by atoms with Gasteiger partial charge in [-0.2, -0.15) is 0 Å². The summed E-state index contributed by atoms with van der Waals surface area (Å²) in [5, 5.41) is 37.6. The van der Waals surface area contributed by atoms with Gasteiger partial charge in [0.25, 0.3) is 0 Å². The summed E-state index contributed by atoms with van der Waals surface area (Å²) in [4.78, 5) is 13.9. The van der Waals surface area contributed by atoms with Gasteiger partial charge >= 0.3 is 0 Å². The minimum absolute atomic E-state index is 0.0401. The van der Waals surface area contributed by atoms with Crippen LogP contribution in [0.15, 0.2) is 66.9 Å². The lowest BCUT2D eigenvalue weighted by atomic mass is 9.66. The largest absolute Gasteiger partial charge is 0.390 e. The monoisotopic (exact) mass is 541 g/mol. The molecule has 0 bridgehead atoms. The van der Waals surface area contributed by atoms with Crippen LogP contribution in [0.4, 0.5) is 0 Å². The Morgan fingerprint density at radius 3 is 2.40 bits per heavy atom. The minimum atomic E-state index is -1.75. The number of aliphatic hydroxyl groups excluding tert-OH is 2. The SMILES string of the molecule is Cc1cccc2c(C(=O)CC(C)[C@](O)(C(O)CC(C)C)C(O)C3CCC3)cn(Cc3ccc4ccccc4c3)c12. The van der Waals surface area contributed by atoms with Gasteiger partial charge in [-0.25, -0.2) is 0 Å². The van der Waals surface area contributed by atoms with Crippen molar-refractivity contribution >= 4 is 27.5 Å². The summed E-state index contributed by atoms with van der Waals surface area (Å²) in [6.07, 6.45) is 2.86. The molecule has 40 heavy (non-hydrogen) atoms. The summed E-state index contributed by atoms with van der Waals surface area (Å²) in [7, 11) is 0. The highest BCUT2D eigenvalue weighted by molar-refractivity contribution is 6.08. The third kappa shape index (κ3) is 5.35. The Morgan fingerprint density at radius 1 is 1.00 bits per heavy atom. The minimum Gasteiger partial charge on any atom is -0.390 e. The molecular weight excluding hydrogens is 498 g/mol. The highest BCUT2D eigenvalue weighted by atomic mass is 16.4. The average molecular weight is 542 g/mol. The molecule has 1 heterocycles. The van der Waals surface area contributed by atoms with Crippen LogP contribution in [-0.4, -0.2) is 43.5 Å². The molecule has 0 saturated heterocycles. The van der Waals surface area contributed by atoms with Gasteiger partial charge in [0.05, 0.1) is 17.7 Å². The van der Waals surface area contributed by atoms with E-state index in [0.717, 1.165) is 41.3 Å². The van der Waals surface area contributed by atoms with Crippen LogP contribution in [-0.2, 0) is 6.54 Å². The van der Waals surface area contributed by atoms with Gasteiger partial charge in [-0.05, 0) is 71.9 Å². The van der Waals surface area contributed by atoms with E-state index in [2.05, 4.69) is 47.9 Å². The molecule has 3 N–H and O–H groups in total. The second-order valence-electron chi connectivity index (χ2n) is 12.5. The normalized spacial score (nSPS) is 18.0. The maximum atomic E-state index is 13.9. The maximum absolute atomic E-state index is 13.9. The van der Waals surface area contributed by atoms with Gasteiger partial charge in [-0.15, -0.1) is 0 Å². The number of nitrogens with zero attached hydrogens (tertiary/aromatic N) is 1. The Morgan fingerprint density at radius 2 is 1.73 bits per heavy atom. The van der Waals surface area contributed by atoms with Crippen molar-refractivity contribution in [1.29, 1.82) is 0 Å². The number of aromatic nitrogens is 1. The van der Waals surface area contributed by atoms with Crippen molar-refractivity contribution in [2.45, 2.75) is 84.2 Å². The number of para-hydroxylation sites is 1. The molecule has 0 amide bonds. The van der Waals surface area contributed by atoms with Crippen molar-refractivity contribution < 1.29 is 20.1 Å². The fourth-order valence-corrected chi connectivity index (χ4v) is 6.57. The number of hydrogen-bond acceptors (Lipinski definition) is 4. The predicted molar refractivity (Wildman–Crippen MR) is 162 cm³/mol. The summed E-state index contributed by atoms with van der Waals surface area (Å²) in [6, 6.07) is 20.8. The molecule has 4 atom stereocenters. The third-order valence-corrected chi connectivity index (χ3v) is 9.15. The molecule has 1 aliphatic carbocycles. The molecule has 1 saturated carbocycles. The van der Waals surface area contributed by atoms with Gasteiger partial charge in [-0.1, -0.05) is 81.8 Å². The van der Waals surface area contributed by atoms with E-state index in [-0.39, 0.29) is 24.0 Å². The zero-order chi connectivity index (χ0) is 28.6. The van der Waals surface area contributed by atoms with Crippen LogP contribution in [0.2, 0.25) is 0 Å². The lowest BCUT2D eigenvalue weighted by Crippen LogP contribution is -2.60. The molecule has 5 rings (SSSR count). The first-order chi connectivity index (χ1) is 19.1. The van der Waals surface area contributed by atoms with Crippen molar-refractivity contribution in [3.05, 3.63) is 83.6 Å². The molecule has 0 radical (unpaired) electrons.